The molecule has 0 heterocycles. The van der Waals surface area contributed by atoms with E-state index in [2.05, 4.69) is 50.3 Å². The zero-order valence-electron chi connectivity index (χ0n) is 6.06. The first-order valence-corrected chi connectivity index (χ1v) is 12.0. The zero-order valence-corrected chi connectivity index (χ0v) is 12.3. The molecule has 0 saturated heterocycles. The topological polar surface area (TPSA) is 102 Å². The van der Waals surface area contributed by atoms with Crippen molar-refractivity contribution in [3.8, 4) is 0 Å². The fraction of sp³-hybridized carbons (Fsp3) is 0. The quantitative estimate of drug-likeness (QED) is 0.325. The van der Waals surface area contributed by atoms with Gasteiger partial charge in [0.25, 0.3) is 0 Å². The normalized spacial score (nSPS) is 5.50. The minimum absolute atomic E-state index is 0.472. The summed E-state index contributed by atoms with van der Waals surface area (Å²) in [5.74, 6) is 0. The van der Waals surface area contributed by atoms with E-state index >= 15 is 0 Å². The Bertz CT molecular complexity index is 79.1. The van der Waals surface area contributed by atoms with Crippen molar-refractivity contribution >= 4 is 68.5 Å². The van der Waals surface area contributed by atoms with Crippen LogP contribution in [0.1, 0.15) is 0 Å². The van der Waals surface area contributed by atoms with Crippen molar-refractivity contribution in [2.45, 2.75) is 0 Å². The first-order chi connectivity index (χ1) is 5.74. The zero-order chi connectivity index (χ0) is 10.2. The van der Waals surface area contributed by atoms with Crippen molar-refractivity contribution in [1.29, 1.82) is 0 Å². The van der Waals surface area contributed by atoms with E-state index in [0.717, 1.165) is 0 Å². The van der Waals surface area contributed by atoms with Gasteiger partial charge in [0.2, 0.25) is 0 Å². The second-order valence-corrected chi connectivity index (χ2v) is 10.6. The van der Waals surface area contributed by atoms with Crippen LogP contribution in [0.25, 0.3) is 0 Å². The maximum atomic E-state index is 9.05. The average molecular weight is 243 g/mol. The second kappa shape index (κ2) is 29.3. The van der Waals surface area contributed by atoms with Gasteiger partial charge in [-0.05, 0) is 0 Å². The van der Waals surface area contributed by atoms with Crippen molar-refractivity contribution < 1.29 is 33.6 Å². The molecule has 0 spiro atoms. The molecule has 2 N–H and O–H groups in total. The minimum atomic E-state index is -1.06. The van der Waals surface area contributed by atoms with Crippen molar-refractivity contribution in [3.05, 3.63) is 0 Å². The van der Waals surface area contributed by atoms with Crippen LogP contribution in [0, 0.1) is 0 Å². The van der Waals surface area contributed by atoms with Crippen LogP contribution in [0.3, 0.4) is 0 Å². The van der Waals surface area contributed by atoms with Gasteiger partial charge in [0, 0.05) is 0 Å². The molecule has 0 fully saturated rings. The molecule has 0 saturated carbocycles. The van der Waals surface area contributed by atoms with E-state index in [-0.39, 0.29) is 0 Å². The molecule has 7 nitrogen and oxygen atoms in total. The molecule has 0 aromatic carbocycles. The van der Waals surface area contributed by atoms with Gasteiger partial charge in [0.15, 0.2) is 0 Å². The molecule has 58 valence electrons. The molecule has 0 unspecified atom stereocenters. The predicted octanol–water partition coefficient (Wildman–Crippen LogP) is -2.33. The third-order valence-electron chi connectivity index (χ3n) is 0.109. The molecule has 0 bridgehead atoms. The van der Waals surface area contributed by atoms with Gasteiger partial charge in [-0.3, -0.25) is 5.26 Å². The van der Waals surface area contributed by atoms with Crippen LogP contribution < -0.4 is 0 Å². The Balaban J connectivity index is -0.000000105. The van der Waals surface area contributed by atoms with Gasteiger partial charge in [-0.25, -0.2) is 5.26 Å². The fourth-order valence-corrected chi connectivity index (χ4v) is 0.0456. The standard InChI is InChI=1S/3Mg.HO4Si.HO3Si/c;;;1-3-4-5-2;1-3-4-2/h;;;1H;1H/q;2*+1;2*-1. The van der Waals surface area contributed by atoms with E-state index in [1.165, 1.54) is 0 Å². The van der Waals surface area contributed by atoms with Gasteiger partial charge in [0.1, 0.15) is 19.3 Å². The summed E-state index contributed by atoms with van der Waals surface area (Å²) in [7, 11) is -2.12. The molecule has 0 aromatic rings. The Kier molecular flexibility index (Phi) is 47.3. The van der Waals surface area contributed by atoms with E-state index in [1.54, 1.807) is 0 Å². The summed E-state index contributed by atoms with van der Waals surface area (Å²) in [5.41, 5.74) is 0. The van der Waals surface area contributed by atoms with Crippen LogP contribution in [0.15, 0.2) is 0 Å². The molecule has 0 aromatic heterocycles. The van der Waals surface area contributed by atoms with Crippen LogP contribution in [0.4, 0.5) is 0 Å². The summed E-state index contributed by atoms with van der Waals surface area (Å²) in [4.78, 5) is 0. The molecule has 0 rings (SSSR count). The molecule has 0 aliphatic rings. The molecular weight excluding hydrogens is 241 g/mol. The third-order valence-corrected chi connectivity index (χ3v) is 0.326. The SMILES string of the molecule is O=[Si-]OO.O=[Si-]OOO.[Mg+][Mg][Mg+]. The Labute approximate surface area is 101 Å². The first-order valence-electron chi connectivity index (χ1n) is 2.35. The van der Waals surface area contributed by atoms with E-state index < -0.39 is 19.3 Å². The molecular formula is H2Mg3O7Si2. The predicted molar refractivity (Wildman–Crippen MR) is 38.7 cm³/mol. The van der Waals surface area contributed by atoms with Crippen molar-refractivity contribution in [2.24, 2.45) is 0 Å². The van der Waals surface area contributed by atoms with Gasteiger partial charge in [-0.2, -0.15) is 0 Å². The van der Waals surface area contributed by atoms with Crippen molar-refractivity contribution in [2.75, 3.05) is 0 Å². The summed E-state index contributed by atoms with van der Waals surface area (Å²) in [6.45, 7) is 0. The molecule has 12 heavy (non-hydrogen) atoms. The van der Waals surface area contributed by atoms with E-state index in [0.29, 0.717) is 13.1 Å². The van der Waals surface area contributed by atoms with Crippen molar-refractivity contribution in [3.63, 3.8) is 0 Å². The Morgan fingerprint density at radius 3 is 1.50 bits per heavy atom. The van der Waals surface area contributed by atoms with Gasteiger partial charge < -0.3 is 18.1 Å². The van der Waals surface area contributed by atoms with E-state index in [4.69, 9.17) is 19.4 Å². The Morgan fingerprint density at radius 2 is 1.50 bits per heavy atom. The monoisotopic (exact) mass is 242 g/mol. The average Bonchev–Trinajstić information content (AvgIpc) is 2.08. The maximum absolute atomic E-state index is 9.05. The van der Waals surface area contributed by atoms with Crippen LogP contribution in [0.5, 0.6) is 0 Å². The fourth-order valence-electron chi connectivity index (χ4n) is 0.0152. The van der Waals surface area contributed by atoms with E-state index in [9.17, 15) is 0 Å². The molecule has 0 atom stereocenters. The first kappa shape index (κ1) is 19.4. The number of hydrogen-bond donors (Lipinski definition) is 2. The second-order valence-electron chi connectivity index (χ2n) is 0.769. The van der Waals surface area contributed by atoms with Crippen LogP contribution in [-0.4, -0.2) is 79.0 Å². The number of rotatable bonds is 3. The van der Waals surface area contributed by atoms with Crippen LogP contribution in [-0.2, 0) is 23.1 Å². The third kappa shape index (κ3) is 59.6. The van der Waals surface area contributed by atoms with Gasteiger partial charge >= 0.3 is 49.2 Å². The summed E-state index contributed by atoms with van der Waals surface area (Å²) in [6, 6.07) is 0. The molecule has 0 amide bonds. The molecule has 0 aliphatic carbocycles. The summed E-state index contributed by atoms with van der Waals surface area (Å²) in [5, 5.41) is 17.1. The van der Waals surface area contributed by atoms with Crippen molar-refractivity contribution in [1.82, 2.24) is 0 Å². The Hall–Kier alpha value is 1.81. The Morgan fingerprint density at radius 1 is 1.17 bits per heavy atom. The van der Waals surface area contributed by atoms with E-state index in [1.807, 2.05) is 0 Å². The van der Waals surface area contributed by atoms with Crippen LogP contribution in [0.2, 0.25) is 0 Å². The molecule has 0 radical (unpaired) electrons. The molecule has 12 heteroatoms. The molecule has 0 aliphatic heterocycles. The van der Waals surface area contributed by atoms with Gasteiger partial charge in [-0.15, -0.1) is 0 Å². The number of hydrogen-bond acceptors (Lipinski definition) is 7. The summed E-state index contributed by atoms with van der Waals surface area (Å²) < 4.78 is 24.3. The summed E-state index contributed by atoms with van der Waals surface area (Å²) >= 11 is 4.72. The van der Waals surface area contributed by atoms with Crippen LogP contribution >= 0.6 is 0 Å². The van der Waals surface area contributed by atoms with Gasteiger partial charge in [0.05, 0.1) is 0 Å². The van der Waals surface area contributed by atoms with Gasteiger partial charge in [-0.1, -0.05) is 5.04 Å². The summed E-state index contributed by atoms with van der Waals surface area (Å²) in [6.07, 6.45) is 0.